The molecular weight excluding hydrogens is 246 g/mol. The van der Waals surface area contributed by atoms with Gasteiger partial charge in [-0.1, -0.05) is 0 Å². The van der Waals surface area contributed by atoms with Crippen molar-refractivity contribution in [3.8, 4) is 0 Å². The van der Waals surface area contributed by atoms with Gasteiger partial charge in [-0.05, 0) is 20.8 Å². The third kappa shape index (κ3) is 3.67. The van der Waals surface area contributed by atoms with E-state index in [1.807, 2.05) is 0 Å². The summed E-state index contributed by atoms with van der Waals surface area (Å²) < 4.78 is 0. The molecule has 0 aliphatic rings. The lowest BCUT2D eigenvalue weighted by Gasteiger charge is -2.22. The van der Waals surface area contributed by atoms with Crippen LogP contribution in [0.5, 0.6) is 0 Å². The van der Waals surface area contributed by atoms with Gasteiger partial charge in [0.25, 0.3) is 5.91 Å². The summed E-state index contributed by atoms with van der Waals surface area (Å²) in [6, 6.07) is 1.36. The molecule has 6 heteroatoms. The van der Waals surface area contributed by atoms with Crippen molar-refractivity contribution in [1.29, 1.82) is 0 Å². The number of aromatic nitrogens is 1. The van der Waals surface area contributed by atoms with Crippen LogP contribution in [0.3, 0.4) is 0 Å². The first kappa shape index (κ1) is 14.9. The first-order chi connectivity index (χ1) is 8.77. The van der Waals surface area contributed by atoms with Gasteiger partial charge in [0.2, 0.25) is 5.91 Å². The maximum absolute atomic E-state index is 11.9. The molecule has 0 unspecified atom stereocenters. The molecule has 0 fully saturated rings. The van der Waals surface area contributed by atoms with Crippen LogP contribution >= 0.6 is 0 Å². The monoisotopic (exact) mass is 265 g/mol. The van der Waals surface area contributed by atoms with Gasteiger partial charge in [0.05, 0.1) is 5.41 Å². The maximum Gasteiger partial charge on any atom is 0.256 e. The Hall–Kier alpha value is -2.11. The molecule has 1 aromatic heterocycles. The minimum atomic E-state index is -0.734. The van der Waals surface area contributed by atoms with Gasteiger partial charge in [0.1, 0.15) is 5.56 Å². The zero-order chi connectivity index (χ0) is 14.6. The molecule has 0 radical (unpaired) electrons. The number of nitrogens with one attached hydrogen (secondary N) is 3. The van der Waals surface area contributed by atoms with E-state index in [4.69, 9.17) is 0 Å². The zero-order valence-electron chi connectivity index (χ0n) is 11.6. The molecule has 1 aromatic rings. The van der Waals surface area contributed by atoms with E-state index in [1.165, 1.54) is 19.3 Å². The number of amides is 2. The summed E-state index contributed by atoms with van der Waals surface area (Å²) in [6.07, 6.45) is 1.37. The van der Waals surface area contributed by atoms with Crippen molar-refractivity contribution >= 4 is 11.8 Å². The predicted molar refractivity (Wildman–Crippen MR) is 72.0 cm³/mol. The molecule has 0 bridgehead atoms. The highest BCUT2D eigenvalue weighted by Crippen LogP contribution is 2.13. The number of rotatable bonds is 4. The van der Waals surface area contributed by atoms with Gasteiger partial charge < -0.3 is 15.6 Å². The zero-order valence-corrected chi connectivity index (χ0v) is 11.6. The fraction of sp³-hybridized carbons (Fsp3) is 0.462. The minimum absolute atomic E-state index is 0.0401. The number of carbonyl (C=O) groups is 2. The van der Waals surface area contributed by atoms with Gasteiger partial charge >= 0.3 is 0 Å². The van der Waals surface area contributed by atoms with Crippen molar-refractivity contribution in [3.63, 3.8) is 0 Å². The van der Waals surface area contributed by atoms with Crippen LogP contribution in [0.2, 0.25) is 0 Å². The summed E-state index contributed by atoms with van der Waals surface area (Å²) in [6.45, 7) is 5.31. The standard InChI is InChI=1S/C13H19N3O3/c1-8-5-10(17)9(6-15-8)11(18)16-7-13(2,3)12(19)14-4/h5-6H,7H2,1-4H3,(H,14,19)(H,15,17)(H,16,18). The highest BCUT2D eigenvalue weighted by atomic mass is 16.2. The van der Waals surface area contributed by atoms with Crippen LogP contribution in [-0.4, -0.2) is 30.4 Å². The molecule has 0 aliphatic heterocycles. The highest BCUT2D eigenvalue weighted by molar-refractivity contribution is 5.94. The third-order valence-corrected chi connectivity index (χ3v) is 2.83. The Balaban J connectivity index is 2.76. The summed E-state index contributed by atoms with van der Waals surface area (Å²) >= 11 is 0. The Labute approximate surface area is 111 Å². The predicted octanol–water partition coefficient (Wildman–Crippen LogP) is 0.185. The molecule has 2 amide bonds. The quantitative estimate of drug-likeness (QED) is 0.725. The van der Waals surface area contributed by atoms with Crippen LogP contribution in [0.1, 0.15) is 29.9 Å². The SMILES string of the molecule is CNC(=O)C(C)(C)CNC(=O)c1c[nH]c(C)cc1=O. The van der Waals surface area contributed by atoms with Crippen molar-refractivity contribution in [1.82, 2.24) is 15.6 Å². The van der Waals surface area contributed by atoms with E-state index in [-0.39, 0.29) is 23.4 Å². The molecule has 19 heavy (non-hydrogen) atoms. The second-order valence-corrected chi connectivity index (χ2v) is 5.04. The average molecular weight is 265 g/mol. The molecule has 0 aromatic carbocycles. The second kappa shape index (κ2) is 5.69. The van der Waals surface area contributed by atoms with E-state index >= 15 is 0 Å². The van der Waals surface area contributed by atoms with Gasteiger partial charge in [0.15, 0.2) is 5.43 Å². The van der Waals surface area contributed by atoms with Crippen LogP contribution < -0.4 is 16.1 Å². The summed E-state index contributed by atoms with van der Waals surface area (Å²) in [5, 5.41) is 5.12. The maximum atomic E-state index is 11.9. The van der Waals surface area contributed by atoms with E-state index in [1.54, 1.807) is 20.8 Å². The van der Waals surface area contributed by atoms with E-state index in [0.717, 1.165) is 0 Å². The minimum Gasteiger partial charge on any atom is -0.364 e. The Bertz CT molecular complexity index is 546. The van der Waals surface area contributed by atoms with Crippen LogP contribution in [0, 0.1) is 12.3 Å². The second-order valence-electron chi connectivity index (χ2n) is 5.04. The molecule has 6 nitrogen and oxygen atoms in total. The van der Waals surface area contributed by atoms with Crippen molar-refractivity contribution in [2.45, 2.75) is 20.8 Å². The Morgan fingerprint density at radius 2 is 2.00 bits per heavy atom. The van der Waals surface area contributed by atoms with Gasteiger partial charge in [-0.2, -0.15) is 0 Å². The van der Waals surface area contributed by atoms with Crippen molar-refractivity contribution in [3.05, 3.63) is 33.7 Å². The Kier molecular flexibility index (Phi) is 4.47. The Morgan fingerprint density at radius 1 is 1.37 bits per heavy atom. The van der Waals surface area contributed by atoms with Gasteiger partial charge in [-0.3, -0.25) is 14.4 Å². The smallest absolute Gasteiger partial charge is 0.256 e. The molecule has 0 spiro atoms. The summed E-state index contributed by atoms with van der Waals surface area (Å²) in [7, 11) is 1.54. The Morgan fingerprint density at radius 3 is 2.53 bits per heavy atom. The molecule has 1 rings (SSSR count). The van der Waals surface area contributed by atoms with Crippen LogP contribution in [0.15, 0.2) is 17.1 Å². The molecule has 0 atom stereocenters. The molecular formula is C13H19N3O3. The molecule has 3 N–H and O–H groups in total. The lowest BCUT2D eigenvalue weighted by atomic mass is 9.92. The topological polar surface area (TPSA) is 91.1 Å². The number of carbonyl (C=O) groups excluding carboxylic acids is 2. The molecule has 0 saturated carbocycles. The number of pyridine rings is 1. The largest absolute Gasteiger partial charge is 0.364 e. The average Bonchev–Trinajstić information content (AvgIpc) is 2.35. The first-order valence-electron chi connectivity index (χ1n) is 5.97. The van der Waals surface area contributed by atoms with Gasteiger partial charge in [-0.25, -0.2) is 0 Å². The lowest BCUT2D eigenvalue weighted by molar-refractivity contribution is -0.128. The van der Waals surface area contributed by atoms with Crippen molar-refractivity contribution < 1.29 is 9.59 Å². The number of aromatic amines is 1. The molecule has 0 saturated heterocycles. The number of H-pyrrole nitrogens is 1. The highest BCUT2D eigenvalue weighted by Gasteiger charge is 2.27. The van der Waals surface area contributed by atoms with Crippen LogP contribution in [-0.2, 0) is 4.79 Å². The fourth-order valence-corrected chi connectivity index (χ4v) is 1.57. The van der Waals surface area contributed by atoms with Gasteiger partial charge in [0, 0.05) is 31.5 Å². The van der Waals surface area contributed by atoms with Crippen molar-refractivity contribution in [2.24, 2.45) is 5.41 Å². The normalized spacial score (nSPS) is 10.9. The lowest BCUT2D eigenvalue weighted by Crippen LogP contribution is -2.44. The first-order valence-corrected chi connectivity index (χ1v) is 5.97. The number of hydrogen-bond acceptors (Lipinski definition) is 3. The van der Waals surface area contributed by atoms with E-state index in [0.29, 0.717) is 5.69 Å². The fourth-order valence-electron chi connectivity index (χ4n) is 1.57. The third-order valence-electron chi connectivity index (χ3n) is 2.83. The van der Waals surface area contributed by atoms with Gasteiger partial charge in [-0.15, -0.1) is 0 Å². The summed E-state index contributed by atoms with van der Waals surface area (Å²) in [4.78, 5) is 37.9. The number of hydrogen-bond donors (Lipinski definition) is 3. The van der Waals surface area contributed by atoms with Crippen LogP contribution in [0.25, 0.3) is 0 Å². The van der Waals surface area contributed by atoms with Crippen LogP contribution in [0.4, 0.5) is 0 Å². The summed E-state index contributed by atoms with van der Waals surface area (Å²) in [5.74, 6) is -0.663. The van der Waals surface area contributed by atoms with Crippen molar-refractivity contribution in [2.75, 3.05) is 13.6 Å². The van der Waals surface area contributed by atoms with E-state index < -0.39 is 11.3 Å². The number of aryl methyl sites for hydroxylation is 1. The molecule has 1 heterocycles. The van der Waals surface area contributed by atoms with E-state index in [2.05, 4.69) is 15.6 Å². The van der Waals surface area contributed by atoms with E-state index in [9.17, 15) is 14.4 Å². The molecule has 104 valence electrons. The summed E-state index contributed by atoms with van der Waals surface area (Å²) in [5.41, 5.74) is -0.348. The molecule has 0 aliphatic carbocycles.